The van der Waals surface area contributed by atoms with Crippen LogP contribution in [-0.2, 0) is 4.79 Å². The summed E-state index contributed by atoms with van der Waals surface area (Å²) >= 11 is 1.36. The molecule has 0 aromatic rings. The van der Waals surface area contributed by atoms with E-state index in [9.17, 15) is 14.9 Å². The van der Waals surface area contributed by atoms with Gasteiger partial charge in [-0.25, -0.2) is 0 Å². The third-order valence-electron chi connectivity index (χ3n) is 1.99. The SMILES string of the molecule is CCCC(=O)C(=C1NCCCS1)[N+](=O)[O-]. The van der Waals surface area contributed by atoms with Gasteiger partial charge in [0.25, 0.3) is 0 Å². The summed E-state index contributed by atoms with van der Waals surface area (Å²) in [6.07, 6.45) is 1.84. The molecule has 1 aliphatic rings. The zero-order valence-electron chi connectivity index (χ0n) is 8.62. The molecule has 1 fully saturated rings. The van der Waals surface area contributed by atoms with Gasteiger partial charge in [0.05, 0.1) is 4.92 Å². The van der Waals surface area contributed by atoms with Crippen molar-refractivity contribution in [2.24, 2.45) is 0 Å². The van der Waals surface area contributed by atoms with E-state index in [-0.39, 0.29) is 17.9 Å². The standard InChI is InChI=1S/C9H14N2O3S/c1-2-4-7(12)8(11(13)14)9-10-5-3-6-15-9/h10H,2-6H2,1H3. The number of thioether (sulfide) groups is 1. The van der Waals surface area contributed by atoms with Crippen molar-refractivity contribution < 1.29 is 9.72 Å². The van der Waals surface area contributed by atoms with Crippen molar-refractivity contribution in [1.29, 1.82) is 0 Å². The van der Waals surface area contributed by atoms with Crippen molar-refractivity contribution in [3.63, 3.8) is 0 Å². The molecule has 0 spiro atoms. The van der Waals surface area contributed by atoms with Gasteiger partial charge in [0.15, 0.2) is 5.03 Å². The zero-order chi connectivity index (χ0) is 11.3. The largest absolute Gasteiger partial charge is 0.374 e. The number of nitrogens with zero attached hydrogens (tertiary/aromatic N) is 1. The summed E-state index contributed by atoms with van der Waals surface area (Å²) in [5, 5.41) is 14.1. The highest BCUT2D eigenvalue weighted by molar-refractivity contribution is 8.03. The second-order valence-electron chi connectivity index (χ2n) is 3.24. The van der Waals surface area contributed by atoms with Crippen molar-refractivity contribution in [2.75, 3.05) is 12.3 Å². The first-order valence-electron chi connectivity index (χ1n) is 4.95. The van der Waals surface area contributed by atoms with Crippen LogP contribution in [0.25, 0.3) is 0 Å². The van der Waals surface area contributed by atoms with Crippen molar-refractivity contribution >= 4 is 17.5 Å². The van der Waals surface area contributed by atoms with E-state index in [1.165, 1.54) is 11.8 Å². The summed E-state index contributed by atoms with van der Waals surface area (Å²) in [6.45, 7) is 2.54. The third kappa shape index (κ3) is 3.23. The van der Waals surface area contributed by atoms with E-state index in [1.54, 1.807) is 0 Å². The predicted molar refractivity (Wildman–Crippen MR) is 59.0 cm³/mol. The van der Waals surface area contributed by atoms with Crippen molar-refractivity contribution in [2.45, 2.75) is 26.2 Å². The van der Waals surface area contributed by atoms with E-state index in [0.29, 0.717) is 18.0 Å². The molecule has 5 nitrogen and oxygen atoms in total. The summed E-state index contributed by atoms with van der Waals surface area (Å²) in [4.78, 5) is 21.7. The molecule has 1 rings (SSSR count). The second kappa shape index (κ2) is 5.75. The number of carbonyl (C=O) groups is 1. The number of nitro groups is 1. The number of hydrogen-bond donors (Lipinski definition) is 1. The summed E-state index contributed by atoms with van der Waals surface area (Å²) in [7, 11) is 0. The minimum Gasteiger partial charge on any atom is -0.374 e. The highest BCUT2D eigenvalue weighted by Crippen LogP contribution is 2.23. The number of allylic oxidation sites excluding steroid dienone is 1. The Morgan fingerprint density at radius 1 is 1.67 bits per heavy atom. The fraction of sp³-hybridized carbons (Fsp3) is 0.667. The first-order chi connectivity index (χ1) is 7.16. The molecule has 0 amide bonds. The topological polar surface area (TPSA) is 72.2 Å². The molecule has 0 aromatic heterocycles. The highest BCUT2D eigenvalue weighted by Gasteiger charge is 2.27. The molecular formula is C9H14N2O3S. The van der Waals surface area contributed by atoms with Gasteiger partial charge in [-0.15, -0.1) is 11.8 Å². The Hall–Kier alpha value is -1.04. The molecule has 0 unspecified atom stereocenters. The Morgan fingerprint density at radius 3 is 2.87 bits per heavy atom. The quantitative estimate of drug-likeness (QED) is 0.450. The zero-order valence-corrected chi connectivity index (χ0v) is 9.43. The van der Waals surface area contributed by atoms with Crippen LogP contribution in [0.5, 0.6) is 0 Å². The second-order valence-corrected chi connectivity index (χ2v) is 4.34. The maximum Gasteiger partial charge on any atom is 0.341 e. The Morgan fingerprint density at radius 2 is 2.40 bits per heavy atom. The lowest BCUT2D eigenvalue weighted by Gasteiger charge is -2.15. The third-order valence-corrected chi connectivity index (χ3v) is 3.11. The van der Waals surface area contributed by atoms with E-state index in [4.69, 9.17) is 0 Å². The summed E-state index contributed by atoms with van der Waals surface area (Å²) in [6, 6.07) is 0. The Bertz CT molecular complexity index is 294. The van der Waals surface area contributed by atoms with Gasteiger partial charge < -0.3 is 5.32 Å². The van der Waals surface area contributed by atoms with Crippen LogP contribution in [0.3, 0.4) is 0 Å². The monoisotopic (exact) mass is 230 g/mol. The van der Waals surface area contributed by atoms with Crippen LogP contribution in [0.1, 0.15) is 26.2 Å². The Labute approximate surface area is 92.5 Å². The molecule has 1 heterocycles. The number of hydrogen-bond acceptors (Lipinski definition) is 5. The van der Waals surface area contributed by atoms with Gasteiger partial charge in [0.2, 0.25) is 5.78 Å². The van der Waals surface area contributed by atoms with Gasteiger partial charge in [-0.05, 0) is 12.8 Å². The first-order valence-corrected chi connectivity index (χ1v) is 5.94. The number of Topliss-reactive ketones (excluding diaryl/α,β-unsaturated/α-hetero) is 1. The molecule has 1 aliphatic heterocycles. The van der Waals surface area contributed by atoms with Gasteiger partial charge in [0.1, 0.15) is 0 Å². The summed E-state index contributed by atoms with van der Waals surface area (Å²) in [5.74, 6) is 0.457. The van der Waals surface area contributed by atoms with Crippen LogP contribution < -0.4 is 5.32 Å². The molecule has 0 aliphatic carbocycles. The van der Waals surface area contributed by atoms with Crippen molar-refractivity contribution in [1.82, 2.24) is 5.32 Å². The number of ketones is 1. The average molecular weight is 230 g/mol. The smallest absolute Gasteiger partial charge is 0.341 e. The molecule has 0 aromatic carbocycles. The average Bonchev–Trinajstić information content (AvgIpc) is 2.19. The molecule has 0 radical (unpaired) electrons. The van der Waals surface area contributed by atoms with Crippen LogP contribution in [0.2, 0.25) is 0 Å². The van der Waals surface area contributed by atoms with Crippen LogP contribution in [0.4, 0.5) is 0 Å². The van der Waals surface area contributed by atoms with E-state index in [1.807, 2.05) is 6.92 Å². The molecule has 1 saturated heterocycles. The maximum absolute atomic E-state index is 11.5. The lowest BCUT2D eigenvalue weighted by molar-refractivity contribution is -0.419. The molecule has 0 saturated carbocycles. The highest BCUT2D eigenvalue weighted by atomic mass is 32.2. The number of nitrogens with one attached hydrogen (secondary N) is 1. The molecule has 15 heavy (non-hydrogen) atoms. The van der Waals surface area contributed by atoms with Crippen LogP contribution in [0, 0.1) is 10.1 Å². The van der Waals surface area contributed by atoms with Gasteiger partial charge in [-0.1, -0.05) is 6.92 Å². The van der Waals surface area contributed by atoms with E-state index in [0.717, 1.165) is 12.2 Å². The predicted octanol–water partition coefficient (Wildman–Crippen LogP) is 1.53. The number of rotatable bonds is 4. The fourth-order valence-corrected chi connectivity index (χ4v) is 2.33. The summed E-state index contributed by atoms with van der Waals surface area (Å²) in [5.41, 5.74) is -0.262. The van der Waals surface area contributed by atoms with Gasteiger partial charge >= 0.3 is 5.70 Å². The molecule has 0 bridgehead atoms. The Kier molecular flexibility index (Phi) is 4.61. The van der Waals surface area contributed by atoms with Crippen LogP contribution >= 0.6 is 11.8 Å². The van der Waals surface area contributed by atoms with Crippen molar-refractivity contribution in [3.05, 3.63) is 20.8 Å². The van der Waals surface area contributed by atoms with E-state index >= 15 is 0 Å². The normalized spacial score (nSPS) is 19.3. The minimum absolute atomic E-state index is 0.238. The molecule has 1 N–H and O–H groups in total. The lowest BCUT2D eigenvalue weighted by atomic mass is 10.2. The van der Waals surface area contributed by atoms with Gasteiger partial charge in [0, 0.05) is 18.7 Å². The van der Waals surface area contributed by atoms with E-state index < -0.39 is 4.92 Å². The van der Waals surface area contributed by atoms with Crippen molar-refractivity contribution in [3.8, 4) is 0 Å². The lowest BCUT2D eigenvalue weighted by Crippen LogP contribution is -2.25. The Balaban J connectivity index is 2.88. The van der Waals surface area contributed by atoms with E-state index in [2.05, 4.69) is 5.32 Å². The molecular weight excluding hydrogens is 216 g/mol. The molecule has 84 valence electrons. The summed E-state index contributed by atoms with van der Waals surface area (Å²) < 4.78 is 0. The van der Waals surface area contributed by atoms with Crippen LogP contribution in [0.15, 0.2) is 10.7 Å². The number of carbonyl (C=O) groups excluding carboxylic acids is 1. The fourth-order valence-electron chi connectivity index (χ4n) is 1.31. The minimum atomic E-state index is -0.571. The molecule has 6 heteroatoms. The van der Waals surface area contributed by atoms with Crippen LogP contribution in [-0.4, -0.2) is 23.0 Å². The van der Waals surface area contributed by atoms with Gasteiger partial charge in [-0.3, -0.25) is 14.9 Å². The first kappa shape index (κ1) is 12.0. The maximum atomic E-state index is 11.5. The van der Waals surface area contributed by atoms with Gasteiger partial charge in [-0.2, -0.15) is 0 Å². The molecule has 0 atom stereocenters.